The van der Waals surface area contributed by atoms with Gasteiger partial charge in [0, 0.05) is 36.5 Å². The number of hydrogen-bond donors (Lipinski definition) is 2. The van der Waals surface area contributed by atoms with Crippen LogP contribution in [0.2, 0.25) is 5.02 Å². The first-order valence-corrected chi connectivity index (χ1v) is 6.31. The highest BCUT2D eigenvalue weighted by molar-refractivity contribution is 6.30. The molecule has 1 aromatic carbocycles. The van der Waals surface area contributed by atoms with Crippen LogP contribution in [0.15, 0.2) is 42.7 Å². The number of benzene rings is 1. The summed E-state index contributed by atoms with van der Waals surface area (Å²) < 4.78 is 0. The number of amides is 1. The summed E-state index contributed by atoms with van der Waals surface area (Å²) in [6.45, 7) is 0.548. The molecule has 0 aliphatic rings. The van der Waals surface area contributed by atoms with Crippen LogP contribution in [0.1, 0.15) is 11.4 Å². The van der Waals surface area contributed by atoms with Crippen LogP contribution in [0, 0.1) is 0 Å². The van der Waals surface area contributed by atoms with Crippen molar-refractivity contribution in [2.75, 3.05) is 6.54 Å². The van der Waals surface area contributed by atoms with Gasteiger partial charge in [0.2, 0.25) is 5.91 Å². The molecule has 0 saturated carbocycles. The topological polar surface area (TPSA) is 57.8 Å². The van der Waals surface area contributed by atoms with Gasteiger partial charge in [0.25, 0.3) is 0 Å². The number of halogens is 1. The number of nitrogens with one attached hydrogen (secondary N) is 2. The lowest BCUT2D eigenvalue weighted by atomic mass is 10.2. The number of nitrogens with zero attached hydrogens (tertiary/aromatic N) is 1. The second-order valence-corrected chi connectivity index (χ2v) is 4.40. The van der Waals surface area contributed by atoms with Crippen LogP contribution >= 0.6 is 11.6 Å². The summed E-state index contributed by atoms with van der Waals surface area (Å²) in [5.41, 5.74) is 0.897. The van der Waals surface area contributed by atoms with Gasteiger partial charge in [-0.2, -0.15) is 0 Å². The Hall–Kier alpha value is -2.07. The van der Waals surface area contributed by atoms with Crippen LogP contribution in [0.5, 0.6) is 0 Å². The molecule has 0 aliphatic carbocycles. The van der Waals surface area contributed by atoms with E-state index in [0.29, 0.717) is 18.0 Å². The molecule has 2 aromatic rings. The van der Waals surface area contributed by atoms with Gasteiger partial charge in [-0.25, -0.2) is 4.98 Å². The average Bonchev–Trinajstić information content (AvgIpc) is 2.90. The van der Waals surface area contributed by atoms with Crippen molar-refractivity contribution in [1.29, 1.82) is 0 Å². The number of H-pyrrole nitrogens is 1. The summed E-state index contributed by atoms with van der Waals surface area (Å²) in [5, 5.41) is 3.44. The molecule has 0 bridgehead atoms. The fourth-order valence-corrected chi connectivity index (χ4v) is 1.78. The van der Waals surface area contributed by atoms with E-state index in [1.54, 1.807) is 30.6 Å². The zero-order valence-electron chi connectivity index (χ0n) is 10.3. The molecule has 2 rings (SSSR count). The molecule has 0 saturated heterocycles. The predicted octanol–water partition coefficient (Wildman–Crippen LogP) is 2.44. The van der Waals surface area contributed by atoms with E-state index < -0.39 is 0 Å². The van der Waals surface area contributed by atoms with E-state index in [4.69, 9.17) is 11.6 Å². The van der Waals surface area contributed by atoms with Gasteiger partial charge in [-0.3, -0.25) is 4.79 Å². The third-order valence-electron chi connectivity index (χ3n) is 2.49. The Morgan fingerprint density at radius 1 is 1.47 bits per heavy atom. The first-order chi connectivity index (χ1) is 9.24. The molecular weight excluding hydrogens is 262 g/mol. The smallest absolute Gasteiger partial charge is 0.244 e. The Labute approximate surface area is 116 Å². The number of imidazole rings is 1. The minimum absolute atomic E-state index is 0.133. The number of carbonyl (C=O) groups excluding carboxylic acids is 1. The summed E-state index contributed by atoms with van der Waals surface area (Å²) in [4.78, 5) is 18.6. The van der Waals surface area contributed by atoms with Gasteiger partial charge in [0.1, 0.15) is 5.82 Å². The van der Waals surface area contributed by atoms with Gasteiger partial charge in [0.05, 0.1) is 0 Å². The number of aromatic nitrogens is 2. The maximum atomic E-state index is 11.6. The summed E-state index contributed by atoms with van der Waals surface area (Å²) in [6.07, 6.45) is 7.36. The van der Waals surface area contributed by atoms with Crippen molar-refractivity contribution in [2.45, 2.75) is 6.42 Å². The van der Waals surface area contributed by atoms with Gasteiger partial charge < -0.3 is 10.3 Å². The third-order valence-corrected chi connectivity index (χ3v) is 2.73. The van der Waals surface area contributed by atoms with Crippen LogP contribution < -0.4 is 5.32 Å². The lowest BCUT2D eigenvalue weighted by Crippen LogP contribution is -2.23. The highest BCUT2D eigenvalue weighted by Gasteiger charge is 1.97. The molecule has 0 aliphatic heterocycles. The molecule has 0 atom stereocenters. The number of carbonyl (C=O) groups is 1. The maximum absolute atomic E-state index is 11.6. The fourth-order valence-electron chi connectivity index (χ4n) is 1.58. The summed E-state index contributed by atoms with van der Waals surface area (Å²) in [6, 6.07) is 7.33. The fraction of sp³-hybridized carbons (Fsp3) is 0.143. The standard InChI is InChI=1S/C14H14ClN3O/c15-12-3-1-2-11(10-12)4-5-14(19)18-7-6-13-16-8-9-17-13/h1-5,8-10H,6-7H2,(H,16,17)(H,18,19)/b5-4+. The number of rotatable bonds is 5. The average molecular weight is 276 g/mol. The quantitative estimate of drug-likeness (QED) is 0.824. The molecule has 0 spiro atoms. The molecule has 5 heteroatoms. The molecule has 2 N–H and O–H groups in total. The van der Waals surface area contributed by atoms with Gasteiger partial charge in [-0.05, 0) is 23.8 Å². The van der Waals surface area contributed by atoms with Crippen molar-refractivity contribution < 1.29 is 4.79 Å². The van der Waals surface area contributed by atoms with Crippen LogP contribution in [-0.2, 0) is 11.2 Å². The van der Waals surface area contributed by atoms with Crippen LogP contribution in [-0.4, -0.2) is 22.4 Å². The van der Waals surface area contributed by atoms with Crippen molar-refractivity contribution in [3.8, 4) is 0 Å². The molecule has 1 heterocycles. The van der Waals surface area contributed by atoms with Crippen molar-refractivity contribution in [3.05, 3.63) is 59.1 Å². The molecule has 98 valence electrons. The van der Waals surface area contributed by atoms with Crippen LogP contribution in [0.4, 0.5) is 0 Å². The van der Waals surface area contributed by atoms with Crippen molar-refractivity contribution >= 4 is 23.6 Å². The molecule has 4 nitrogen and oxygen atoms in total. The van der Waals surface area contributed by atoms with Gasteiger partial charge >= 0.3 is 0 Å². The highest BCUT2D eigenvalue weighted by atomic mass is 35.5. The van der Waals surface area contributed by atoms with Gasteiger partial charge in [0.15, 0.2) is 0 Å². The second-order valence-electron chi connectivity index (χ2n) is 3.97. The molecule has 0 radical (unpaired) electrons. The summed E-state index contributed by atoms with van der Waals surface area (Å²) in [7, 11) is 0. The Balaban J connectivity index is 1.78. The summed E-state index contributed by atoms with van der Waals surface area (Å²) >= 11 is 5.86. The number of hydrogen-bond acceptors (Lipinski definition) is 2. The minimum Gasteiger partial charge on any atom is -0.352 e. The minimum atomic E-state index is -0.133. The van der Waals surface area contributed by atoms with Crippen molar-refractivity contribution in [2.24, 2.45) is 0 Å². The first-order valence-electron chi connectivity index (χ1n) is 5.94. The Bertz CT molecular complexity index is 564. The second kappa shape index (κ2) is 6.75. The molecular formula is C14H14ClN3O. The molecule has 1 amide bonds. The zero-order chi connectivity index (χ0) is 13.5. The molecule has 19 heavy (non-hydrogen) atoms. The van der Waals surface area contributed by atoms with Crippen molar-refractivity contribution in [1.82, 2.24) is 15.3 Å². The zero-order valence-corrected chi connectivity index (χ0v) is 11.0. The Morgan fingerprint density at radius 3 is 3.11 bits per heavy atom. The maximum Gasteiger partial charge on any atom is 0.244 e. The lowest BCUT2D eigenvalue weighted by molar-refractivity contribution is -0.116. The molecule has 0 unspecified atom stereocenters. The summed E-state index contributed by atoms with van der Waals surface area (Å²) in [5.74, 6) is 0.727. The molecule has 1 aromatic heterocycles. The van der Waals surface area contributed by atoms with Crippen LogP contribution in [0.3, 0.4) is 0 Å². The lowest BCUT2D eigenvalue weighted by Gasteiger charge is -2.00. The number of aromatic amines is 1. The monoisotopic (exact) mass is 275 g/mol. The highest BCUT2D eigenvalue weighted by Crippen LogP contribution is 2.11. The van der Waals surface area contributed by atoms with Crippen LogP contribution in [0.25, 0.3) is 6.08 Å². The first kappa shape index (κ1) is 13.4. The molecule has 0 fully saturated rings. The van der Waals surface area contributed by atoms with E-state index in [-0.39, 0.29) is 5.91 Å². The normalized spacial score (nSPS) is 10.8. The van der Waals surface area contributed by atoms with E-state index >= 15 is 0 Å². The van der Waals surface area contributed by atoms with E-state index in [1.807, 2.05) is 12.1 Å². The Morgan fingerprint density at radius 2 is 2.37 bits per heavy atom. The van der Waals surface area contributed by atoms with E-state index in [1.165, 1.54) is 6.08 Å². The Kier molecular flexibility index (Phi) is 4.75. The third kappa shape index (κ3) is 4.60. The predicted molar refractivity (Wildman–Crippen MR) is 75.8 cm³/mol. The van der Waals surface area contributed by atoms with E-state index in [0.717, 1.165) is 11.4 Å². The van der Waals surface area contributed by atoms with Crippen molar-refractivity contribution in [3.63, 3.8) is 0 Å². The van der Waals surface area contributed by atoms with Gasteiger partial charge in [-0.15, -0.1) is 0 Å². The largest absolute Gasteiger partial charge is 0.352 e. The van der Waals surface area contributed by atoms with E-state index in [9.17, 15) is 4.79 Å². The van der Waals surface area contributed by atoms with Gasteiger partial charge in [-0.1, -0.05) is 23.7 Å². The van der Waals surface area contributed by atoms with E-state index in [2.05, 4.69) is 15.3 Å². The SMILES string of the molecule is O=C(/C=C/c1cccc(Cl)c1)NCCc1ncc[nH]1.